The van der Waals surface area contributed by atoms with Gasteiger partial charge in [0.25, 0.3) is 5.69 Å². The van der Waals surface area contributed by atoms with E-state index in [4.69, 9.17) is 0 Å². The maximum atomic E-state index is 11.1. The largest absolute Gasteiger partial charge is 0.388 e. The lowest BCUT2D eigenvalue weighted by atomic mass is 10.0. The van der Waals surface area contributed by atoms with Crippen molar-refractivity contribution in [3.05, 3.63) is 58.4 Å². The first kappa shape index (κ1) is 14.9. The van der Waals surface area contributed by atoms with Crippen molar-refractivity contribution in [1.29, 1.82) is 0 Å². The average Bonchev–Trinajstić information content (AvgIpc) is 2.60. The number of para-hydroxylation sites is 1. The minimum absolute atomic E-state index is 0.0414. The normalized spacial score (nSPS) is 10.7. The van der Waals surface area contributed by atoms with Crippen LogP contribution in [0.1, 0.15) is 12.7 Å². The van der Waals surface area contributed by atoms with Gasteiger partial charge in [-0.25, -0.2) is 9.97 Å². The summed E-state index contributed by atoms with van der Waals surface area (Å²) in [7, 11) is 1.79. The van der Waals surface area contributed by atoms with Crippen molar-refractivity contribution in [2.24, 2.45) is 0 Å². The molecular weight excluding hydrogens is 292 g/mol. The number of nitro groups is 1. The van der Waals surface area contributed by atoms with Gasteiger partial charge in [-0.05, 0) is 12.1 Å². The monoisotopic (exact) mass is 308 g/mol. The Kier molecular flexibility index (Phi) is 3.89. The summed E-state index contributed by atoms with van der Waals surface area (Å²) in [6.45, 7) is 1.99. The molecule has 0 saturated heterocycles. The first-order valence-corrected chi connectivity index (χ1v) is 7.36. The van der Waals surface area contributed by atoms with Crippen LogP contribution < -0.4 is 5.32 Å². The number of aryl methyl sites for hydroxylation is 1. The van der Waals surface area contributed by atoms with Crippen molar-refractivity contribution in [3.8, 4) is 11.3 Å². The van der Waals surface area contributed by atoms with E-state index in [1.807, 2.05) is 31.2 Å². The van der Waals surface area contributed by atoms with Crippen molar-refractivity contribution in [2.45, 2.75) is 13.3 Å². The van der Waals surface area contributed by atoms with Crippen LogP contribution in [0.2, 0.25) is 0 Å². The van der Waals surface area contributed by atoms with Gasteiger partial charge >= 0.3 is 0 Å². The van der Waals surface area contributed by atoms with Crippen LogP contribution in [0.4, 0.5) is 11.4 Å². The molecule has 0 saturated carbocycles. The molecule has 0 aliphatic carbocycles. The number of benzene rings is 2. The molecule has 23 heavy (non-hydrogen) atoms. The van der Waals surface area contributed by atoms with E-state index in [1.165, 1.54) is 6.07 Å². The lowest BCUT2D eigenvalue weighted by Crippen LogP contribution is -2.00. The van der Waals surface area contributed by atoms with E-state index in [2.05, 4.69) is 15.3 Å². The number of non-ortho nitro benzene ring substituents is 1. The Morgan fingerprint density at radius 1 is 1.17 bits per heavy atom. The molecule has 0 unspecified atom stereocenters. The molecule has 0 spiro atoms. The average molecular weight is 308 g/mol. The van der Waals surface area contributed by atoms with E-state index in [0.717, 1.165) is 16.6 Å². The summed E-state index contributed by atoms with van der Waals surface area (Å²) < 4.78 is 0. The fourth-order valence-electron chi connectivity index (χ4n) is 2.55. The highest BCUT2D eigenvalue weighted by Gasteiger charge is 2.16. The van der Waals surface area contributed by atoms with Gasteiger partial charge in [0, 0.05) is 42.2 Å². The molecule has 3 aromatic rings. The van der Waals surface area contributed by atoms with E-state index in [9.17, 15) is 10.1 Å². The van der Waals surface area contributed by atoms with Crippen molar-refractivity contribution in [1.82, 2.24) is 9.97 Å². The minimum atomic E-state index is -0.396. The maximum Gasteiger partial charge on any atom is 0.270 e. The number of fused-ring (bicyclic) bond motifs is 1. The van der Waals surface area contributed by atoms with Crippen molar-refractivity contribution < 1.29 is 4.92 Å². The molecule has 3 rings (SSSR count). The molecule has 1 aromatic heterocycles. The molecule has 0 aliphatic rings. The molecule has 2 aromatic carbocycles. The molecule has 116 valence electrons. The van der Waals surface area contributed by atoms with Crippen LogP contribution in [0.25, 0.3) is 22.2 Å². The number of nitrogens with one attached hydrogen (secondary N) is 1. The van der Waals surface area contributed by atoms with E-state index >= 15 is 0 Å². The molecule has 0 amide bonds. The third-order valence-corrected chi connectivity index (χ3v) is 3.70. The van der Waals surface area contributed by atoms with Crippen LogP contribution in [0, 0.1) is 10.1 Å². The quantitative estimate of drug-likeness (QED) is 0.585. The summed E-state index contributed by atoms with van der Waals surface area (Å²) >= 11 is 0. The fraction of sp³-hybridized carbons (Fsp3) is 0.176. The molecule has 0 bridgehead atoms. The number of hydrogen-bond donors (Lipinski definition) is 1. The van der Waals surface area contributed by atoms with Gasteiger partial charge in [-0.3, -0.25) is 10.1 Å². The zero-order valence-electron chi connectivity index (χ0n) is 12.9. The van der Waals surface area contributed by atoms with Crippen molar-refractivity contribution in [3.63, 3.8) is 0 Å². The topological polar surface area (TPSA) is 81.0 Å². The first-order valence-electron chi connectivity index (χ1n) is 7.36. The summed E-state index contributed by atoms with van der Waals surface area (Å²) in [4.78, 5) is 19.9. The van der Waals surface area contributed by atoms with Gasteiger partial charge in [0.1, 0.15) is 5.82 Å². The lowest BCUT2D eigenvalue weighted by molar-refractivity contribution is -0.384. The molecule has 0 radical (unpaired) electrons. The number of hydrogen-bond acceptors (Lipinski definition) is 5. The van der Waals surface area contributed by atoms with Crippen LogP contribution >= 0.6 is 0 Å². The third-order valence-electron chi connectivity index (χ3n) is 3.70. The molecule has 1 heterocycles. The molecule has 0 fully saturated rings. The molecule has 0 aliphatic heterocycles. The van der Waals surface area contributed by atoms with Crippen LogP contribution in [0.5, 0.6) is 0 Å². The molecular formula is C17H16N4O2. The Labute approximate surface area is 133 Å². The second-order valence-electron chi connectivity index (χ2n) is 5.10. The van der Waals surface area contributed by atoms with Gasteiger partial charge in [-0.2, -0.15) is 0 Å². The molecule has 0 atom stereocenters. The van der Waals surface area contributed by atoms with Crippen LogP contribution in [-0.4, -0.2) is 21.9 Å². The summed E-state index contributed by atoms with van der Waals surface area (Å²) in [5.74, 6) is 0.715. The van der Waals surface area contributed by atoms with E-state index in [1.54, 1.807) is 19.2 Å². The van der Waals surface area contributed by atoms with Crippen LogP contribution in [0.3, 0.4) is 0 Å². The van der Waals surface area contributed by atoms with Crippen LogP contribution in [0.15, 0.2) is 42.5 Å². The highest BCUT2D eigenvalue weighted by Crippen LogP contribution is 2.34. The third kappa shape index (κ3) is 2.70. The van der Waals surface area contributed by atoms with E-state index in [0.29, 0.717) is 23.5 Å². The highest BCUT2D eigenvalue weighted by atomic mass is 16.6. The van der Waals surface area contributed by atoms with Gasteiger partial charge in [-0.1, -0.05) is 25.1 Å². The second-order valence-corrected chi connectivity index (χ2v) is 5.10. The van der Waals surface area contributed by atoms with Crippen molar-refractivity contribution >= 4 is 22.3 Å². The molecule has 6 nitrogen and oxygen atoms in total. The smallest absolute Gasteiger partial charge is 0.270 e. The number of nitrogens with zero attached hydrogens (tertiary/aromatic N) is 3. The van der Waals surface area contributed by atoms with Gasteiger partial charge in [0.05, 0.1) is 16.1 Å². The fourth-order valence-corrected chi connectivity index (χ4v) is 2.55. The Bertz CT molecular complexity index is 893. The molecule has 1 N–H and O–H groups in total. The Morgan fingerprint density at radius 2 is 1.96 bits per heavy atom. The van der Waals surface area contributed by atoms with Gasteiger partial charge in [-0.15, -0.1) is 0 Å². The zero-order chi connectivity index (χ0) is 16.4. The predicted molar refractivity (Wildman–Crippen MR) is 90.6 cm³/mol. The second kappa shape index (κ2) is 6.00. The standard InChI is InChI=1S/C17H16N4O2/c1-3-16-19-15-7-5-4-6-12(15)17(20-16)13-10-11(21(22)23)8-9-14(13)18-2/h4-10,18H,3H2,1-2H3. The summed E-state index contributed by atoms with van der Waals surface area (Å²) in [5, 5.41) is 15.1. The summed E-state index contributed by atoms with van der Waals surface area (Å²) in [5.41, 5.74) is 3.08. The SMILES string of the molecule is CCc1nc(-c2cc([N+](=O)[O-])ccc2NC)c2ccccc2n1. The van der Waals surface area contributed by atoms with E-state index < -0.39 is 4.92 Å². The Morgan fingerprint density at radius 3 is 2.65 bits per heavy atom. The first-order chi connectivity index (χ1) is 11.1. The zero-order valence-corrected chi connectivity index (χ0v) is 12.9. The lowest BCUT2D eigenvalue weighted by Gasteiger charge is -2.12. The van der Waals surface area contributed by atoms with Crippen LogP contribution in [-0.2, 0) is 6.42 Å². The maximum absolute atomic E-state index is 11.1. The van der Waals surface area contributed by atoms with Gasteiger partial charge in [0.2, 0.25) is 0 Å². The Hall–Kier alpha value is -3.02. The highest BCUT2D eigenvalue weighted by molar-refractivity contribution is 5.96. The Balaban J connectivity index is 2.35. The summed E-state index contributed by atoms with van der Waals surface area (Å²) in [6, 6.07) is 12.4. The van der Waals surface area contributed by atoms with Gasteiger partial charge in [0.15, 0.2) is 0 Å². The summed E-state index contributed by atoms with van der Waals surface area (Å²) in [6.07, 6.45) is 0.696. The van der Waals surface area contributed by atoms with E-state index in [-0.39, 0.29) is 5.69 Å². The number of aromatic nitrogens is 2. The number of rotatable bonds is 4. The number of anilines is 1. The predicted octanol–water partition coefficient (Wildman–Crippen LogP) is 3.81. The van der Waals surface area contributed by atoms with Gasteiger partial charge < -0.3 is 5.32 Å². The minimum Gasteiger partial charge on any atom is -0.388 e. The number of nitro benzene ring substituents is 1. The molecule has 6 heteroatoms. The van der Waals surface area contributed by atoms with Crippen molar-refractivity contribution in [2.75, 3.05) is 12.4 Å².